The van der Waals surface area contributed by atoms with Crippen LogP contribution in [-0.4, -0.2) is 41.2 Å². The van der Waals surface area contributed by atoms with Gasteiger partial charge in [-0.05, 0) is 30.7 Å². The summed E-state index contributed by atoms with van der Waals surface area (Å²) in [6, 6.07) is 11.5. The van der Waals surface area contributed by atoms with Gasteiger partial charge in [0.05, 0.1) is 5.69 Å². The van der Waals surface area contributed by atoms with E-state index >= 15 is 0 Å². The van der Waals surface area contributed by atoms with Crippen molar-refractivity contribution in [3.63, 3.8) is 0 Å². The molecular weight excluding hydrogens is 340 g/mol. The highest BCUT2D eigenvalue weighted by Gasteiger charge is 2.09. The third kappa shape index (κ3) is 4.30. The fraction of sp³-hybridized carbons (Fsp3) is 0.158. The van der Waals surface area contributed by atoms with Gasteiger partial charge in [0.25, 0.3) is 0 Å². The van der Waals surface area contributed by atoms with Crippen LogP contribution >= 0.6 is 0 Å². The van der Waals surface area contributed by atoms with Gasteiger partial charge >= 0.3 is 0 Å². The molecule has 4 rings (SSSR count). The molecule has 1 N–H and O–H groups in total. The molecule has 0 saturated heterocycles. The molecule has 0 aromatic carbocycles. The summed E-state index contributed by atoms with van der Waals surface area (Å²) in [6.45, 7) is 1.55. The first-order valence-electron chi connectivity index (χ1n) is 8.66. The van der Waals surface area contributed by atoms with Crippen LogP contribution in [0.15, 0.2) is 67.6 Å². The Balaban J connectivity index is 1.56. The Kier molecular flexibility index (Phi) is 5.05. The molecule has 0 radical (unpaired) electrons. The van der Waals surface area contributed by atoms with Crippen LogP contribution in [0.3, 0.4) is 0 Å². The predicted molar refractivity (Wildman–Crippen MR) is 102 cm³/mol. The van der Waals surface area contributed by atoms with Crippen molar-refractivity contribution in [2.24, 2.45) is 0 Å². The number of aromatic nitrogens is 7. The second kappa shape index (κ2) is 8.13. The summed E-state index contributed by atoms with van der Waals surface area (Å²) in [5.41, 5.74) is 2.47. The molecule has 27 heavy (non-hydrogen) atoms. The maximum atomic E-state index is 4.67. The Bertz CT molecular complexity index is 914. The zero-order valence-corrected chi connectivity index (χ0v) is 14.6. The first-order valence-corrected chi connectivity index (χ1v) is 8.66. The van der Waals surface area contributed by atoms with Crippen LogP contribution in [0.2, 0.25) is 0 Å². The van der Waals surface area contributed by atoms with Crippen molar-refractivity contribution in [3.8, 4) is 22.8 Å². The van der Waals surface area contributed by atoms with Crippen LogP contribution in [0.25, 0.3) is 22.8 Å². The molecule has 0 saturated carbocycles. The van der Waals surface area contributed by atoms with Gasteiger partial charge in [0.15, 0.2) is 5.82 Å². The molecule has 8 heteroatoms. The van der Waals surface area contributed by atoms with Crippen LogP contribution in [-0.2, 0) is 6.54 Å². The molecular formula is C19H18N8. The number of aryl methyl sites for hydroxylation is 1. The smallest absolute Gasteiger partial charge is 0.180 e. The van der Waals surface area contributed by atoms with Gasteiger partial charge in [-0.25, -0.2) is 15.0 Å². The quantitative estimate of drug-likeness (QED) is 0.508. The molecule has 0 bridgehead atoms. The van der Waals surface area contributed by atoms with E-state index in [-0.39, 0.29) is 0 Å². The van der Waals surface area contributed by atoms with E-state index in [2.05, 4.69) is 35.3 Å². The lowest BCUT2D eigenvalue weighted by atomic mass is 10.2. The van der Waals surface area contributed by atoms with E-state index in [0.29, 0.717) is 5.82 Å². The summed E-state index contributed by atoms with van der Waals surface area (Å²) in [5.74, 6) is 1.33. The highest BCUT2D eigenvalue weighted by Crippen LogP contribution is 2.22. The monoisotopic (exact) mass is 358 g/mol. The lowest BCUT2D eigenvalue weighted by molar-refractivity contribution is 0.590. The Morgan fingerprint density at radius 3 is 2.74 bits per heavy atom. The normalized spacial score (nSPS) is 10.7. The van der Waals surface area contributed by atoms with Crippen LogP contribution in [0, 0.1) is 0 Å². The number of rotatable bonds is 7. The number of nitrogens with zero attached hydrogens (tertiary/aromatic N) is 7. The third-order valence-corrected chi connectivity index (χ3v) is 3.91. The van der Waals surface area contributed by atoms with Gasteiger partial charge in [-0.2, -0.15) is 5.10 Å². The van der Waals surface area contributed by atoms with Crippen LogP contribution in [0.4, 0.5) is 5.82 Å². The zero-order valence-electron chi connectivity index (χ0n) is 14.6. The summed E-state index contributed by atoms with van der Waals surface area (Å²) in [6.07, 6.45) is 9.42. The number of nitrogens with one attached hydrogen (secondary N) is 1. The standard InChI is InChI=1S/C19H18N8/c1-2-8-22-16(6-1)19-25-17(15-5-3-7-20-12-15)11-18(26-19)23-9-4-10-27-14-21-13-24-27/h1-3,5-8,11-14H,4,9-10H2,(H,23,25,26). The number of anilines is 1. The maximum absolute atomic E-state index is 4.67. The molecule has 0 unspecified atom stereocenters. The molecule has 0 amide bonds. The average Bonchev–Trinajstić information content (AvgIpc) is 3.26. The van der Waals surface area contributed by atoms with Gasteiger partial charge in [0.2, 0.25) is 0 Å². The van der Waals surface area contributed by atoms with E-state index in [0.717, 1.165) is 42.3 Å². The summed E-state index contributed by atoms with van der Waals surface area (Å²) in [4.78, 5) is 21.8. The molecule has 0 fully saturated rings. The highest BCUT2D eigenvalue weighted by molar-refractivity contribution is 5.65. The van der Waals surface area contributed by atoms with E-state index < -0.39 is 0 Å². The van der Waals surface area contributed by atoms with Gasteiger partial charge < -0.3 is 5.32 Å². The lowest BCUT2D eigenvalue weighted by Crippen LogP contribution is -2.09. The summed E-state index contributed by atoms with van der Waals surface area (Å²) < 4.78 is 1.81. The molecule has 0 atom stereocenters. The number of hydrogen-bond acceptors (Lipinski definition) is 7. The number of pyridine rings is 2. The van der Waals surface area contributed by atoms with Crippen molar-refractivity contribution in [2.75, 3.05) is 11.9 Å². The molecule has 4 aromatic rings. The largest absolute Gasteiger partial charge is 0.370 e. The van der Waals surface area contributed by atoms with Crippen LogP contribution in [0.1, 0.15) is 6.42 Å². The molecule has 8 nitrogen and oxygen atoms in total. The topological polar surface area (TPSA) is 94.3 Å². The molecule has 4 heterocycles. The molecule has 134 valence electrons. The summed E-state index contributed by atoms with van der Waals surface area (Å²) in [5, 5.41) is 7.47. The van der Waals surface area contributed by atoms with Crippen molar-refractivity contribution in [1.29, 1.82) is 0 Å². The Labute approximate surface area is 156 Å². The van der Waals surface area contributed by atoms with E-state index in [1.165, 1.54) is 6.33 Å². The van der Waals surface area contributed by atoms with Crippen LogP contribution in [0.5, 0.6) is 0 Å². The molecule has 0 aliphatic heterocycles. The molecule has 0 aliphatic rings. The predicted octanol–water partition coefficient (Wildman–Crippen LogP) is 2.69. The minimum Gasteiger partial charge on any atom is -0.370 e. The fourth-order valence-corrected chi connectivity index (χ4v) is 2.62. The molecule has 0 spiro atoms. The van der Waals surface area contributed by atoms with Crippen molar-refractivity contribution in [2.45, 2.75) is 13.0 Å². The Morgan fingerprint density at radius 2 is 1.96 bits per heavy atom. The van der Waals surface area contributed by atoms with E-state index in [1.54, 1.807) is 24.9 Å². The van der Waals surface area contributed by atoms with Gasteiger partial charge in [-0.3, -0.25) is 14.6 Å². The second-order valence-electron chi connectivity index (χ2n) is 5.86. The summed E-state index contributed by atoms with van der Waals surface area (Å²) >= 11 is 0. The average molecular weight is 358 g/mol. The zero-order chi connectivity index (χ0) is 18.3. The van der Waals surface area contributed by atoms with E-state index in [1.807, 2.05) is 41.1 Å². The SMILES string of the molecule is c1ccc(-c2nc(NCCCn3cncn3)cc(-c3cccnc3)n2)nc1. The first kappa shape index (κ1) is 16.8. The lowest BCUT2D eigenvalue weighted by Gasteiger charge is -2.10. The van der Waals surface area contributed by atoms with Crippen molar-refractivity contribution in [1.82, 2.24) is 34.7 Å². The minimum atomic E-state index is 0.579. The van der Waals surface area contributed by atoms with E-state index in [4.69, 9.17) is 0 Å². The summed E-state index contributed by atoms with van der Waals surface area (Å²) in [7, 11) is 0. The third-order valence-electron chi connectivity index (χ3n) is 3.91. The Morgan fingerprint density at radius 1 is 0.963 bits per heavy atom. The first-order chi connectivity index (χ1) is 13.4. The molecule has 4 aromatic heterocycles. The van der Waals surface area contributed by atoms with Crippen molar-refractivity contribution < 1.29 is 0 Å². The fourth-order valence-electron chi connectivity index (χ4n) is 2.62. The van der Waals surface area contributed by atoms with Gasteiger partial charge in [0, 0.05) is 43.3 Å². The number of hydrogen-bond donors (Lipinski definition) is 1. The van der Waals surface area contributed by atoms with Crippen LogP contribution < -0.4 is 5.32 Å². The molecule has 0 aliphatic carbocycles. The highest BCUT2D eigenvalue weighted by atomic mass is 15.3. The minimum absolute atomic E-state index is 0.579. The van der Waals surface area contributed by atoms with Gasteiger partial charge in [-0.15, -0.1) is 0 Å². The maximum Gasteiger partial charge on any atom is 0.180 e. The van der Waals surface area contributed by atoms with Crippen molar-refractivity contribution >= 4 is 5.82 Å². The van der Waals surface area contributed by atoms with Gasteiger partial charge in [-0.1, -0.05) is 6.07 Å². The van der Waals surface area contributed by atoms with Crippen molar-refractivity contribution in [3.05, 3.63) is 67.6 Å². The van der Waals surface area contributed by atoms with E-state index in [9.17, 15) is 0 Å². The van der Waals surface area contributed by atoms with Gasteiger partial charge in [0.1, 0.15) is 24.2 Å². The second-order valence-corrected chi connectivity index (χ2v) is 5.86. The Hall–Kier alpha value is -3.68.